The van der Waals surface area contributed by atoms with Crippen molar-refractivity contribution in [3.05, 3.63) is 0 Å². The summed E-state index contributed by atoms with van der Waals surface area (Å²) in [5.74, 6) is -0.509. The van der Waals surface area contributed by atoms with Crippen molar-refractivity contribution in [2.75, 3.05) is 19.8 Å². The Bertz CT molecular complexity index is 1090. The molecule has 0 amide bonds. The molecule has 14 heteroatoms. The van der Waals surface area contributed by atoms with Crippen LogP contribution in [-0.4, -0.2) is 109 Å². The average molecular weight is 884 g/mol. The lowest BCUT2D eigenvalue weighted by atomic mass is 10.2. The molecule has 0 aromatic heterocycles. The van der Waals surface area contributed by atoms with E-state index in [4.69, 9.17) is 27.2 Å². The maximum absolute atomic E-state index is 13.1. The summed E-state index contributed by atoms with van der Waals surface area (Å²) in [6, 6.07) is 4.23. The lowest BCUT2D eigenvalue weighted by Crippen LogP contribution is -2.61. The smallest absolute Gasteiger partial charge is 0.308 e. The average Bonchev–Trinajstić information content (AvgIpc) is 3.05. The van der Waals surface area contributed by atoms with Crippen LogP contribution < -0.4 is 0 Å². The summed E-state index contributed by atoms with van der Waals surface area (Å²) in [5, 5.41) is 10.4. The number of hydrogen-bond donors (Lipinski definition) is 1. The second kappa shape index (κ2) is 24.1. The van der Waals surface area contributed by atoms with Gasteiger partial charge in [-0.15, -0.1) is 0 Å². The standard InChI is InChI=1S/C41H94O8Si6/c1-21-25-30-52(13,14)47-39(24-4)54(17,18)48-38(23-3)51(11,12)34-35(5)40(43)45-33-37(42)32-44-28-27-29-50(9,10)36(6)46-55(19,20)41(7,8)49-53(15,16)31-26-22-2/h35-39,42H,21-34H2,1-20H3. The Morgan fingerprint density at radius 3 is 1.69 bits per heavy atom. The first-order valence-corrected chi connectivity index (χ1v) is 40.8. The maximum Gasteiger partial charge on any atom is 0.308 e. The first-order valence-electron chi connectivity index (χ1n) is 22.1. The minimum absolute atomic E-state index is 0.0488. The first-order chi connectivity index (χ1) is 24.9. The van der Waals surface area contributed by atoms with Crippen molar-refractivity contribution in [2.24, 2.45) is 5.92 Å². The molecule has 8 nitrogen and oxygen atoms in total. The zero-order valence-electron chi connectivity index (χ0n) is 40.1. The van der Waals surface area contributed by atoms with E-state index in [0.717, 1.165) is 31.4 Å². The zero-order chi connectivity index (χ0) is 43.1. The Morgan fingerprint density at radius 1 is 0.655 bits per heavy atom. The largest absolute Gasteiger partial charge is 0.463 e. The predicted octanol–water partition coefficient (Wildman–Crippen LogP) is 11.7. The SMILES string of the molecule is CCCC[Si](C)(C)OC(CC)[Si](C)(C)OC(CC)[Si](C)(C)CC(C)C(=O)OCC(O)COCCC[Si](C)(C)C(C)O[Si](C)(C)C(C)(C)O[Si](C)(C)CCCC. The molecule has 0 saturated heterocycles. The number of rotatable bonds is 31. The molecule has 55 heavy (non-hydrogen) atoms. The Hall–Kier alpha value is 0.531. The maximum atomic E-state index is 13.1. The monoisotopic (exact) mass is 883 g/mol. The third kappa shape index (κ3) is 20.6. The van der Waals surface area contributed by atoms with E-state index in [-0.39, 0.29) is 47.5 Å². The molecule has 0 saturated carbocycles. The van der Waals surface area contributed by atoms with Crippen molar-refractivity contribution in [2.45, 2.75) is 232 Å². The molecule has 330 valence electrons. The van der Waals surface area contributed by atoms with Gasteiger partial charge in [0.25, 0.3) is 0 Å². The summed E-state index contributed by atoms with van der Waals surface area (Å²) in [4.78, 5) is 13.1. The van der Waals surface area contributed by atoms with Gasteiger partial charge in [-0.25, -0.2) is 0 Å². The van der Waals surface area contributed by atoms with E-state index in [9.17, 15) is 9.90 Å². The minimum atomic E-state index is -2.17. The van der Waals surface area contributed by atoms with Crippen LogP contribution in [-0.2, 0) is 32.0 Å². The molecular weight excluding hydrogens is 789 g/mol. The van der Waals surface area contributed by atoms with Crippen LogP contribution in [0.5, 0.6) is 0 Å². The number of unbranched alkanes of at least 4 members (excludes halogenated alkanes) is 2. The number of esters is 1. The van der Waals surface area contributed by atoms with Crippen LogP contribution in [0.15, 0.2) is 0 Å². The van der Waals surface area contributed by atoms with Crippen molar-refractivity contribution in [3.8, 4) is 0 Å². The predicted molar refractivity (Wildman–Crippen MR) is 252 cm³/mol. The van der Waals surface area contributed by atoms with Crippen LogP contribution in [0.1, 0.15) is 100 Å². The molecule has 0 fully saturated rings. The molecule has 1 N–H and O–H groups in total. The summed E-state index contributed by atoms with van der Waals surface area (Å²) < 4.78 is 39.3. The van der Waals surface area contributed by atoms with E-state index in [2.05, 4.69) is 127 Å². The summed E-state index contributed by atoms with van der Waals surface area (Å²) >= 11 is 0. The van der Waals surface area contributed by atoms with Crippen LogP contribution >= 0.6 is 0 Å². The van der Waals surface area contributed by atoms with Gasteiger partial charge < -0.3 is 32.3 Å². The highest BCUT2D eigenvalue weighted by molar-refractivity contribution is 6.82. The molecule has 0 aromatic carbocycles. The van der Waals surface area contributed by atoms with Crippen molar-refractivity contribution < 1.29 is 37.1 Å². The Kier molecular flexibility index (Phi) is 24.3. The van der Waals surface area contributed by atoms with Crippen LogP contribution in [0.4, 0.5) is 0 Å². The van der Waals surface area contributed by atoms with Gasteiger partial charge in [-0.3, -0.25) is 4.79 Å². The molecule has 0 aliphatic rings. The fourth-order valence-corrected chi connectivity index (χ4v) is 28.6. The molecule has 0 aliphatic carbocycles. The summed E-state index contributed by atoms with van der Waals surface area (Å²) in [7, 11) is -11.5. The van der Waals surface area contributed by atoms with Gasteiger partial charge in [0.2, 0.25) is 16.6 Å². The fraction of sp³-hybridized carbons (Fsp3) is 0.976. The first kappa shape index (κ1) is 55.5. The molecule has 5 unspecified atom stereocenters. The fourth-order valence-electron chi connectivity index (χ4n) is 7.64. The van der Waals surface area contributed by atoms with E-state index < -0.39 is 55.5 Å². The van der Waals surface area contributed by atoms with Gasteiger partial charge in [-0.1, -0.05) is 92.5 Å². The van der Waals surface area contributed by atoms with Crippen LogP contribution in [0, 0.1) is 5.92 Å². The molecule has 0 heterocycles. The Labute approximate surface area is 348 Å². The van der Waals surface area contributed by atoms with E-state index in [1.54, 1.807) is 0 Å². The highest BCUT2D eigenvalue weighted by Crippen LogP contribution is 2.35. The topological polar surface area (TPSA) is 92.7 Å². The van der Waals surface area contributed by atoms with Crippen LogP contribution in [0.25, 0.3) is 0 Å². The van der Waals surface area contributed by atoms with Gasteiger partial charge in [0.15, 0.2) is 16.6 Å². The van der Waals surface area contributed by atoms with Gasteiger partial charge in [-0.05, 0) is 111 Å². The molecule has 0 spiro atoms. The summed E-state index contributed by atoms with van der Waals surface area (Å²) in [6.45, 7) is 46.4. The minimum Gasteiger partial charge on any atom is -0.463 e. The van der Waals surface area contributed by atoms with E-state index in [1.807, 2.05) is 6.92 Å². The molecule has 5 atom stereocenters. The lowest BCUT2D eigenvalue weighted by molar-refractivity contribution is -0.151. The highest BCUT2D eigenvalue weighted by Gasteiger charge is 2.48. The third-order valence-electron chi connectivity index (χ3n) is 12.2. The number of ether oxygens (including phenoxy) is 2. The Morgan fingerprint density at radius 2 is 1.18 bits per heavy atom. The number of carbonyl (C=O) groups excluding carboxylic acids is 1. The zero-order valence-corrected chi connectivity index (χ0v) is 46.1. The normalized spacial score (nSPS) is 16.8. The lowest BCUT2D eigenvalue weighted by Gasteiger charge is -2.47. The van der Waals surface area contributed by atoms with E-state index in [0.29, 0.717) is 6.61 Å². The third-order valence-corrected chi connectivity index (χ3v) is 33.0. The van der Waals surface area contributed by atoms with Crippen LogP contribution in [0.3, 0.4) is 0 Å². The number of aliphatic hydroxyl groups excluding tert-OH is 1. The molecular formula is C41H94O8Si6. The van der Waals surface area contributed by atoms with Crippen molar-refractivity contribution >= 4 is 55.4 Å². The van der Waals surface area contributed by atoms with E-state index in [1.165, 1.54) is 37.8 Å². The number of aliphatic hydroxyl groups is 1. The van der Waals surface area contributed by atoms with Crippen molar-refractivity contribution in [3.63, 3.8) is 0 Å². The number of hydrogen-bond acceptors (Lipinski definition) is 8. The highest BCUT2D eigenvalue weighted by atomic mass is 28.4. The Balaban J connectivity index is 4.94. The van der Waals surface area contributed by atoms with Crippen molar-refractivity contribution in [1.82, 2.24) is 0 Å². The molecule has 0 bridgehead atoms. The summed E-state index contributed by atoms with van der Waals surface area (Å²) in [6.07, 6.45) is 6.82. The molecule has 0 rings (SSSR count). The van der Waals surface area contributed by atoms with Gasteiger partial charge in [0.05, 0.1) is 39.6 Å². The van der Waals surface area contributed by atoms with Gasteiger partial charge >= 0.3 is 5.97 Å². The van der Waals surface area contributed by atoms with Gasteiger partial charge in [-0.2, -0.15) is 0 Å². The summed E-state index contributed by atoms with van der Waals surface area (Å²) in [5.41, 5.74) is 0.530. The molecule has 0 aromatic rings. The second-order valence-corrected chi connectivity index (χ2v) is 48.1. The second-order valence-electron chi connectivity index (χ2n) is 20.8. The molecule has 0 aliphatic heterocycles. The van der Waals surface area contributed by atoms with Gasteiger partial charge in [0, 0.05) is 18.1 Å². The quantitative estimate of drug-likeness (QED) is 0.0418. The van der Waals surface area contributed by atoms with Crippen LogP contribution in [0.2, 0.25) is 103 Å². The number of carbonyl (C=O) groups is 1. The molecule has 0 radical (unpaired) electrons. The van der Waals surface area contributed by atoms with Crippen molar-refractivity contribution in [1.29, 1.82) is 0 Å². The van der Waals surface area contributed by atoms with E-state index >= 15 is 0 Å². The van der Waals surface area contributed by atoms with Gasteiger partial charge in [0.1, 0.15) is 12.7 Å².